The van der Waals surface area contributed by atoms with Gasteiger partial charge in [0.25, 0.3) is 0 Å². The summed E-state index contributed by atoms with van der Waals surface area (Å²) in [6, 6.07) is 4.85. The summed E-state index contributed by atoms with van der Waals surface area (Å²) in [5, 5.41) is 3.14. The number of ether oxygens (including phenoxy) is 1. The summed E-state index contributed by atoms with van der Waals surface area (Å²) < 4.78 is 18.6. The van der Waals surface area contributed by atoms with Crippen LogP contribution in [-0.2, 0) is 11.3 Å². The van der Waals surface area contributed by atoms with Crippen LogP contribution in [0, 0.1) is 5.82 Å². The van der Waals surface area contributed by atoms with Gasteiger partial charge < -0.3 is 10.1 Å². The van der Waals surface area contributed by atoms with Crippen LogP contribution in [0.3, 0.4) is 0 Å². The lowest BCUT2D eigenvalue weighted by molar-refractivity contribution is 0.199. The van der Waals surface area contributed by atoms with Crippen LogP contribution in [0.5, 0.6) is 0 Å². The second-order valence-corrected chi connectivity index (χ2v) is 3.86. The lowest BCUT2D eigenvalue weighted by atomic mass is 10.2. The SMILES string of the molecule is COCCNCc1cc(F)cc(Br)c1. The minimum atomic E-state index is -0.220. The van der Waals surface area contributed by atoms with Crippen molar-refractivity contribution < 1.29 is 9.13 Å². The number of hydrogen-bond donors (Lipinski definition) is 1. The molecule has 0 saturated heterocycles. The molecular formula is C10H13BrFNO. The Bertz CT molecular complexity index is 273. The largest absolute Gasteiger partial charge is 0.383 e. The molecule has 1 N–H and O–H groups in total. The molecule has 0 fully saturated rings. The van der Waals surface area contributed by atoms with Gasteiger partial charge in [-0.05, 0) is 23.8 Å². The second-order valence-electron chi connectivity index (χ2n) is 2.95. The van der Waals surface area contributed by atoms with Crippen molar-refractivity contribution in [1.82, 2.24) is 5.32 Å². The molecule has 0 radical (unpaired) electrons. The quantitative estimate of drug-likeness (QED) is 0.822. The number of rotatable bonds is 5. The zero-order valence-corrected chi connectivity index (χ0v) is 9.60. The molecule has 78 valence electrons. The van der Waals surface area contributed by atoms with Gasteiger partial charge in [-0.25, -0.2) is 4.39 Å². The van der Waals surface area contributed by atoms with Crippen LogP contribution in [0.25, 0.3) is 0 Å². The topological polar surface area (TPSA) is 21.3 Å². The standard InChI is InChI=1S/C10H13BrFNO/c1-14-3-2-13-7-8-4-9(11)6-10(12)5-8/h4-6,13H,2-3,7H2,1H3. The number of hydrogen-bond acceptors (Lipinski definition) is 2. The summed E-state index contributed by atoms with van der Waals surface area (Å²) in [7, 11) is 1.65. The Kier molecular flexibility index (Phi) is 5.07. The minimum absolute atomic E-state index is 0.220. The smallest absolute Gasteiger partial charge is 0.124 e. The molecule has 0 unspecified atom stereocenters. The molecule has 0 saturated carbocycles. The molecule has 0 aliphatic rings. The predicted octanol–water partition coefficient (Wildman–Crippen LogP) is 2.32. The average molecular weight is 262 g/mol. The van der Waals surface area contributed by atoms with Crippen molar-refractivity contribution in [1.29, 1.82) is 0 Å². The Morgan fingerprint density at radius 2 is 2.21 bits per heavy atom. The Morgan fingerprint density at radius 3 is 2.86 bits per heavy atom. The van der Waals surface area contributed by atoms with Gasteiger partial charge in [-0.15, -0.1) is 0 Å². The molecule has 0 atom stereocenters. The molecule has 0 aromatic heterocycles. The molecule has 0 bridgehead atoms. The zero-order chi connectivity index (χ0) is 10.4. The summed E-state index contributed by atoms with van der Waals surface area (Å²) in [4.78, 5) is 0. The molecule has 2 nitrogen and oxygen atoms in total. The van der Waals surface area contributed by atoms with Crippen molar-refractivity contribution in [3.05, 3.63) is 34.1 Å². The molecule has 0 aliphatic carbocycles. The molecule has 4 heteroatoms. The van der Waals surface area contributed by atoms with Crippen LogP contribution in [0.1, 0.15) is 5.56 Å². The van der Waals surface area contributed by atoms with Crippen LogP contribution in [-0.4, -0.2) is 20.3 Å². The highest BCUT2D eigenvalue weighted by atomic mass is 79.9. The van der Waals surface area contributed by atoms with Gasteiger partial charge in [0, 0.05) is 24.7 Å². The fraction of sp³-hybridized carbons (Fsp3) is 0.400. The predicted molar refractivity (Wildman–Crippen MR) is 57.7 cm³/mol. The molecule has 1 aromatic rings. The van der Waals surface area contributed by atoms with E-state index in [0.717, 1.165) is 16.6 Å². The van der Waals surface area contributed by atoms with Crippen molar-refractivity contribution in [2.45, 2.75) is 6.54 Å². The number of benzene rings is 1. The Labute approximate surface area is 91.6 Å². The van der Waals surface area contributed by atoms with Gasteiger partial charge in [0.05, 0.1) is 6.61 Å². The van der Waals surface area contributed by atoms with Crippen LogP contribution in [0.2, 0.25) is 0 Å². The third-order valence-electron chi connectivity index (χ3n) is 1.73. The zero-order valence-electron chi connectivity index (χ0n) is 8.02. The van der Waals surface area contributed by atoms with E-state index in [-0.39, 0.29) is 5.82 Å². The van der Waals surface area contributed by atoms with Gasteiger partial charge >= 0.3 is 0 Å². The number of nitrogens with one attached hydrogen (secondary N) is 1. The molecule has 1 rings (SSSR count). The highest BCUT2D eigenvalue weighted by molar-refractivity contribution is 9.10. The molecule has 14 heavy (non-hydrogen) atoms. The van der Waals surface area contributed by atoms with Gasteiger partial charge in [0.2, 0.25) is 0 Å². The maximum absolute atomic E-state index is 12.9. The minimum Gasteiger partial charge on any atom is -0.383 e. The normalized spacial score (nSPS) is 10.5. The highest BCUT2D eigenvalue weighted by Crippen LogP contribution is 2.14. The van der Waals surface area contributed by atoms with E-state index in [9.17, 15) is 4.39 Å². The second kappa shape index (κ2) is 6.11. The summed E-state index contributed by atoms with van der Waals surface area (Å²) >= 11 is 3.24. The first-order valence-corrected chi connectivity index (χ1v) is 5.16. The van der Waals surface area contributed by atoms with E-state index >= 15 is 0 Å². The van der Waals surface area contributed by atoms with E-state index < -0.39 is 0 Å². The Morgan fingerprint density at radius 1 is 1.43 bits per heavy atom. The van der Waals surface area contributed by atoms with Crippen molar-refractivity contribution in [3.8, 4) is 0 Å². The van der Waals surface area contributed by atoms with Crippen molar-refractivity contribution >= 4 is 15.9 Å². The van der Waals surface area contributed by atoms with E-state index in [4.69, 9.17) is 4.74 Å². The molecule has 1 aromatic carbocycles. The van der Waals surface area contributed by atoms with Gasteiger partial charge in [0.15, 0.2) is 0 Å². The number of methoxy groups -OCH3 is 1. The first kappa shape index (κ1) is 11.6. The molecule has 0 spiro atoms. The Hall–Kier alpha value is -0.450. The van der Waals surface area contributed by atoms with E-state index in [0.29, 0.717) is 13.2 Å². The van der Waals surface area contributed by atoms with Crippen molar-refractivity contribution in [2.75, 3.05) is 20.3 Å². The molecule has 0 heterocycles. The summed E-state index contributed by atoms with van der Waals surface area (Å²) in [5.74, 6) is -0.220. The summed E-state index contributed by atoms with van der Waals surface area (Å²) in [5.41, 5.74) is 0.924. The maximum atomic E-state index is 12.9. The maximum Gasteiger partial charge on any atom is 0.124 e. The molecule has 0 aliphatic heterocycles. The lowest BCUT2D eigenvalue weighted by Crippen LogP contribution is -2.18. The molecular weight excluding hydrogens is 249 g/mol. The van der Waals surface area contributed by atoms with Crippen LogP contribution < -0.4 is 5.32 Å². The van der Waals surface area contributed by atoms with Gasteiger partial charge in [-0.2, -0.15) is 0 Å². The van der Waals surface area contributed by atoms with Crippen molar-refractivity contribution in [3.63, 3.8) is 0 Å². The first-order chi connectivity index (χ1) is 6.72. The molecule has 0 amide bonds. The van der Waals surface area contributed by atoms with E-state index in [2.05, 4.69) is 21.2 Å². The van der Waals surface area contributed by atoms with Crippen LogP contribution in [0.4, 0.5) is 4.39 Å². The van der Waals surface area contributed by atoms with Crippen LogP contribution >= 0.6 is 15.9 Å². The third-order valence-corrected chi connectivity index (χ3v) is 2.19. The van der Waals surface area contributed by atoms with E-state index in [1.54, 1.807) is 7.11 Å². The van der Waals surface area contributed by atoms with E-state index in [1.807, 2.05) is 6.07 Å². The lowest BCUT2D eigenvalue weighted by Gasteiger charge is -2.04. The fourth-order valence-corrected chi connectivity index (χ4v) is 1.63. The third kappa shape index (κ3) is 4.17. The average Bonchev–Trinajstić information content (AvgIpc) is 2.11. The first-order valence-electron chi connectivity index (χ1n) is 4.37. The van der Waals surface area contributed by atoms with Gasteiger partial charge in [0.1, 0.15) is 5.82 Å². The van der Waals surface area contributed by atoms with Crippen LogP contribution in [0.15, 0.2) is 22.7 Å². The highest BCUT2D eigenvalue weighted by Gasteiger charge is 1.98. The van der Waals surface area contributed by atoms with E-state index in [1.165, 1.54) is 12.1 Å². The van der Waals surface area contributed by atoms with Gasteiger partial charge in [-0.3, -0.25) is 0 Å². The summed E-state index contributed by atoms with van der Waals surface area (Å²) in [6.45, 7) is 2.08. The van der Waals surface area contributed by atoms with Gasteiger partial charge in [-0.1, -0.05) is 15.9 Å². The van der Waals surface area contributed by atoms with Crippen molar-refractivity contribution in [2.24, 2.45) is 0 Å². The fourth-order valence-electron chi connectivity index (χ4n) is 1.12. The summed E-state index contributed by atoms with van der Waals surface area (Å²) in [6.07, 6.45) is 0. The monoisotopic (exact) mass is 261 g/mol. The number of halogens is 2. The Balaban J connectivity index is 2.42.